The molecule has 5 aliphatic rings. The molecule has 5 rings (SSSR count). The summed E-state index contributed by atoms with van der Waals surface area (Å²) in [7, 11) is 0. The Kier molecular flexibility index (Phi) is 3.87. The van der Waals surface area contributed by atoms with E-state index in [1.54, 1.807) is 0 Å². The Morgan fingerprint density at radius 1 is 1.00 bits per heavy atom. The molecule has 128 valence electrons. The molecule has 4 saturated carbocycles. The molecule has 2 N–H and O–H groups in total. The molecule has 0 aromatic heterocycles. The number of carboxylic acid groups (broad SMARTS) is 1. The van der Waals surface area contributed by atoms with Gasteiger partial charge in [0, 0.05) is 6.54 Å². The Hall–Kier alpha value is -1.10. The normalized spacial score (nSPS) is 44.4. The van der Waals surface area contributed by atoms with Crippen LogP contribution in [0.5, 0.6) is 0 Å². The van der Waals surface area contributed by atoms with Crippen molar-refractivity contribution in [1.82, 2.24) is 5.32 Å². The summed E-state index contributed by atoms with van der Waals surface area (Å²) in [6.45, 7) is 0.711. The number of ether oxygens (including phenoxy) is 1. The van der Waals surface area contributed by atoms with Crippen molar-refractivity contribution < 1.29 is 19.4 Å². The van der Waals surface area contributed by atoms with Gasteiger partial charge in [0.2, 0.25) is 5.91 Å². The van der Waals surface area contributed by atoms with Gasteiger partial charge in [-0.25, -0.2) is 4.79 Å². The van der Waals surface area contributed by atoms with Crippen LogP contribution in [0.1, 0.15) is 57.8 Å². The first-order chi connectivity index (χ1) is 11.0. The third kappa shape index (κ3) is 3.00. The van der Waals surface area contributed by atoms with E-state index < -0.39 is 18.2 Å². The summed E-state index contributed by atoms with van der Waals surface area (Å²) in [6, 6.07) is 0. The third-order valence-electron chi connectivity index (χ3n) is 6.71. The van der Waals surface area contributed by atoms with E-state index in [2.05, 4.69) is 5.32 Å². The molecule has 0 spiro atoms. The second-order valence-corrected chi connectivity index (χ2v) is 8.49. The van der Waals surface area contributed by atoms with E-state index in [0.717, 1.165) is 24.2 Å². The molecule has 5 fully saturated rings. The fraction of sp³-hybridized carbons (Fsp3) is 0.889. The predicted octanol–water partition coefficient (Wildman–Crippen LogP) is 2.34. The number of nitrogens with one attached hydrogen (secondary N) is 1. The van der Waals surface area contributed by atoms with Crippen molar-refractivity contribution in [2.45, 2.75) is 70.0 Å². The first-order valence-corrected chi connectivity index (χ1v) is 9.19. The average molecular weight is 321 g/mol. The van der Waals surface area contributed by atoms with Crippen LogP contribution in [0.25, 0.3) is 0 Å². The van der Waals surface area contributed by atoms with Crippen molar-refractivity contribution in [3.8, 4) is 0 Å². The van der Waals surface area contributed by atoms with Crippen molar-refractivity contribution >= 4 is 11.9 Å². The van der Waals surface area contributed by atoms with Crippen molar-refractivity contribution in [2.75, 3.05) is 6.54 Å². The summed E-state index contributed by atoms with van der Waals surface area (Å²) in [5.41, 5.74) is 0.474. The molecular weight excluding hydrogens is 294 g/mol. The molecule has 0 aromatic rings. The maximum Gasteiger partial charge on any atom is 0.332 e. The summed E-state index contributed by atoms with van der Waals surface area (Å²) in [6.07, 6.45) is 9.04. The first-order valence-electron chi connectivity index (χ1n) is 9.19. The van der Waals surface area contributed by atoms with Gasteiger partial charge in [-0.3, -0.25) is 4.79 Å². The summed E-state index contributed by atoms with van der Waals surface area (Å²) >= 11 is 0. The molecule has 1 aliphatic heterocycles. The topological polar surface area (TPSA) is 75.6 Å². The summed E-state index contributed by atoms with van der Waals surface area (Å²) in [5.74, 6) is 1.72. The van der Waals surface area contributed by atoms with Crippen molar-refractivity contribution in [1.29, 1.82) is 0 Å². The van der Waals surface area contributed by atoms with Crippen molar-refractivity contribution in [2.24, 2.45) is 23.2 Å². The number of hydrogen-bond acceptors (Lipinski definition) is 3. The molecular formula is C18H27NO4. The highest BCUT2D eigenvalue weighted by Gasteiger charge is 2.50. The second-order valence-electron chi connectivity index (χ2n) is 8.49. The number of rotatable bonds is 5. The van der Waals surface area contributed by atoms with E-state index in [1.165, 1.54) is 38.5 Å². The van der Waals surface area contributed by atoms with Gasteiger partial charge in [-0.1, -0.05) is 0 Å². The van der Waals surface area contributed by atoms with Crippen LogP contribution in [-0.2, 0) is 14.3 Å². The minimum atomic E-state index is -0.964. The van der Waals surface area contributed by atoms with Gasteiger partial charge in [0.15, 0.2) is 6.10 Å². The predicted molar refractivity (Wildman–Crippen MR) is 83.8 cm³/mol. The molecule has 0 aromatic carbocycles. The monoisotopic (exact) mass is 321 g/mol. The van der Waals surface area contributed by atoms with Crippen LogP contribution < -0.4 is 5.32 Å². The van der Waals surface area contributed by atoms with Gasteiger partial charge in [-0.05, 0) is 81.0 Å². The lowest BCUT2D eigenvalue weighted by molar-refractivity contribution is -0.151. The highest BCUT2D eigenvalue weighted by atomic mass is 16.5. The Morgan fingerprint density at radius 3 is 2.09 bits per heavy atom. The minimum Gasteiger partial charge on any atom is -0.479 e. The number of amides is 1. The van der Waals surface area contributed by atoms with Gasteiger partial charge in [0.1, 0.15) is 6.10 Å². The van der Waals surface area contributed by atoms with E-state index >= 15 is 0 Å². The molecule has 1 amide bonds. The van der Waals surface area contributed by atoms with Gasteiger partial charge in [0.05, 0.1) is 0 Å². The Balaban J connectivity index is 1.26. The quantitative estimate of drug-likeness (QED) is 0.815. The maximum absolute atomic E-state index is 12.2. The number of carboxylic acids is 1. The van der Waals surface area contributed by atoms with Crippen LogP contribution in [0.4, 0.5) is 0 Å². The van der Waals surface area contributed by atoms with E-state index in [4.69, 9.17) is 9.84 Å². The number of carbonyl (C=O) groups is 2. The molecule has 23 heavy (non-hydrogen) atoms. The molecule has 0 unspecified atom stereocenters. The zero-order chi connectivity index (χ0) is 16.0. The zero-order valence-electron chi connectivity index (χ0n) is 13.6. The highest BCUT2D eigenvalue weighted by Crippen LogP contribution is 2.61. The van der Waals surface area contributed by atoms with Gasteiger partial charge in [0.25, 0.3) is 0 Å². The van der Waals surface area contributed by atoms with Gasteiger partial charge in [-0.2, -0.15) is 0 Å². The molecule has 1 heterocycles. The van der Waals surface area contributed by atoms with Crippen LogP contribution in [0, 0.1) is 23.2 Å². The van der Waals surface area contributed by atoms with Gasteiger partial charge >= 0.3 is 5.97 Å². The fourth-order valence-corrected chi connectivity index (χ4v) is 6.17. The second kappa shape index (κ2) is 5.76. The molecule has 2 atom stereocenters. The van der Waals surface area contributed by atoms with E-state index in [1.807, 2.05) is 0 Å². The van der Waals surface area contributed by atoms with Gasteiger partial charge in [-0.15, -0.1) is 0 Å². The zero-order valence-corrected chi connectivity index (χ0v) is 13.6. The number of hydrogen-bond donors (Lipinski definition) is 2. The molecule has 1 saturated heterocycles. The Morgan fingerprint density at radius 2 is 1.57 bits per heavy atom. The molecule has 5 heteroatoms. The summed E-state index contributed by atoms with van der Waals surface area (Å²) < 4.78 is 5.32. The SMILES string of the molecule is O=C(NCCC12CC3CC(CC(C3)C1)C2)[C@@H]1CC[C@H](C(=O)O)O1. The highest BCUT2D eigenvalue weighted by molar-refractivity contribution is 5.82. The van der Waals surface area contributed by atoms with Crippen LogP contribution >= 0.6 is 0 Å². The largest absolute Gasteiger partial charge is 0.479 e. The van der Waals surface area contributed by atoms with Crippen molar-refractivity contribution in [3.63, 3.8) is 0 Å². The fourth-order valence-electron chi connectivity index (χ4n) is 6.17. The third-order valence-corrected chi connectivity index (χ3v) is 6.71. The molecule has 4 aliphatic carbocycles. The van der Waals surface area contributed by atoms with E-state index in [0.29, 0.717) is 24.8 Å². The summed E-state index contributed by atoms with van der Waals surface area (Å²) in [5, 5.41) is 11.9. The molecule has 0 radical (unpaired) electrons. The van der Waals surface area contributed by atoms with Crippen LogP contribution in [0.15, 0.2) is 0 Å². The molecule has 5 nitrogen and oxygen atoms in total. The smallest absolute Gasteiger partial charge is 0.332 e. The molecule has 4 bridgehead atoms. The lowest BCUT2D eigenvalue weighted by atomic mass is 9.49. The lowest BCUT2D eigenvalue weighted by Crippen LogP contribution is -2.47. The first kappa shape index (κ1) is 15.4. The maximum atomic E-state index is 12.2. The van der Waals surface area contributed by atoms with E-state index in [9.17, 15) is 9.59 Å². The van der Waals surface area contributed by atoms with Crippen LogP contribution in [0.2, 0.25) is 0 Å². The van der Waals surface area contributed by atoms with Crippen molar-refractivity contribution in [3.05, 3.63) is 0 Å². The lowest BCUT2D eigenvalue weighted by Gasteiger charge is -2.57. The minimum absolute atomic E-state index is 0.126. The summed E-state index contributed by atoms with van der Waals surface area (Å²) in [4.78, 5) is 23.1. The van der Waals surface area contributed by atoms with E-state index in [-0.39, 0.29) is 5.91 Å². The van der Waals surface area contributed by atoms with Crippen LogP contribution in [0.3, 0.4) is 0 Å². The van der Waals surface area contributed by atoms with Gasteiger partial charge < -0.3 is 15.2 Å². The van der Waals surface area contributed by atoms with Crippen LogP contribution in [-0.4, -0.2) is 35.7 Å². The standard InChI is InChI=1S/C18H27NO4/c20-16(14-1-2-15(23-14)17(21)22)19-4-3-18-8-11-5-12(9-18)7-13(6-11)10-18/h11-15H,1-10H2,(H,19,20)(H,21,22)/t11?,12?,13?,14-,15+,18?/m0/s1. The number of aliphatic carboxylic acids is 1. The Labute approximate surface area is 137 Å². The average Bonchev–Trinajstić information content (AvgIpc) is 2.95. The number of carbonyl (C=O) groups excluding carboxylic acids is 1. The Bertz CT molecular complexity index is 468.